The number of aryl methyl sites for hydroxylation is 1. The van der Waals surface area contributed by atoms with Crippen LogP contribution >= 0.6 is 0 Å². The highest BCUT2D eigenvalue weighted by Gasteiger charge is 2.19. The summed E-state index contributed by atoms with van der Waals surface area (Å²) in [5.74, 6) is -0.283. The Bertz CT molecular complexity index is 1170. The molecule has 0 spiro atoms. The van der Waals surface area contributed by atoms with Gasteiger partial charge in [0.05, 0.1) is 6.54 Å². The lowest BCUT2D eigenvalue weighted by Crippen LogP contribution is -2.27. The molecule has 0 bridgehead atoms. The number of hydrogen-bond donors (Lipinski definition) is 3. The zero-order valence-corrected chi connectivity index (χ0v) is 19.6. The number of nitrogens with zero attached hydrogens (tertiary/aromatic N) is 1. The summed E-state index contributed by atoms with van der Waals surface area (Å²) in [4.78, 5) is 39.2. The van der Waals surface area contributed by atoms with E-state index in [2.05, 4.69) is 16.0 Å². The van der Waals surface area contributed by atoms with Crippen LogP contribution in [-0.4, -0.2) is 42.3 Å². The van der Waals surface area contributed by atoms with Crippen LogP contribution in [0, 0.1) is 0 Å². The van der Waals surface area contributed by atoms with Crippen LogP contribution in [0.4, 0.5) is 17.1 Å². The van der Waals surface area contributed by atoms with Gasteiger partial charge in [-0.25, -0.2) is 0 Å². The number of rotatable bonds is 9. The van der Waals surface area contributed by atoms with Crippen molar-refractivity contribution in [2.24, 2.45) is 0 Å². The van der Waals surface area contributed by atoms with Crippen molar-refractivity contribution in [3.8, 4) is 0 Å². The second kappa shape index (κ2) is 11.8. The predicted octanol–water partition coefficient (Wildman–Crippen LogP) is 4.54. The summed E-state index contributed by atoms with van der Waals surface area (Å²) < 4.78 is 0. The van der Waals surface area contributed by atoms with Crippen LogP contribution < -0.4 is 16.0 Å². The number of carbonyl (C=O) groups is 3. The zero-order chi connectivity index (χ0) is 24.5. The van der Waals surface area contributed by atoms with Gasteiger partial charge in [0.15, 0.2) is 0 Å². The molecule has 1 heterocycles. The van der Waals surface area contributed by atoms with Crippen LogP contribution in [0.15, 0.2) is 78.9 Å². The first-order chi connectivity index (χ1) is 17.1. The van der Waals surface area contributed by atoms with Crippen molar-refractivity contribution in [2.75, 3.05) is 35.6 Å². The molecule has 3 aromatic carbocycles. The van der Waals surface area contributed by atoms with Gasteiger partial charge in [-0.1, -0.05) is 42.5 Å². The lowest BCUT2D eigenvalue weighted by atomic mass is 10.1. The summed E-state index contributed by atoms with van der Waals surface area (Å²) in [6.45, 7) is 1.64. The Morgan fingerprint density at radius 3 is 2.11 bits per heavy atom. The molecule has 3 amide bonds. The van der Waals surface area contributed by atoms with Crippen molar-refractivity contribution < 1.29 is 14.4 Å². The molecule has 3 N–H and O–H groups in total. The maximum Gasteiger partial charge on any atom is 0.253 e. The first kappa shape index (κ1) is 24.0. The molecule has 0 aromatic heterocycles. The van der Waals surface area contributed by atoms with E-state index in [0.717, 1.165) is 31.5 Å². The molecule has 7 heteroatoms. The van der Waals surface area contributed by atoms with Crippen molar-refractivity contribution in [1.82, 2.24) is 4.90 Å². The number of anilines is 3. The van der Waals surface area contributed by atoms with Gasteiger partial charge < -0.3 is 20.9 Å². The number of likely N-dealkylation sites (tertiary alicyclic amines) is 1. The van der Waals surface area contributed by atoms with E-state index in [0.29, 0.717) is 35.5 Å². The van der Waals surface area contributed by atoms with E-state index >= 15 is 0 Å². The quantitative estimate of drug-likeness (QED) is 0.428. The van der Waals surface area contributed by atoms with Crippen molar-refractivity contribution in [3.05, 3.63) is 90.0 Å². The molecule has 4 rings (SSSR count). The fraction of sp³-hybridized carbons (Fsp3) is 0.250. The van der Waals surface area contributed by atoms with Crippen molar-refractivity contribution >= 4 is 34.8 Å². The summed E-state index contributed by atoms with van der Waals surface area (Å²) in [6, 6.07) is 24.2. The average molecular weight is 471 g/mol. The van der Waals surface area contributed by atoms with Crippen LogP contribution in [0.3, 0.4) is 0 Å². The number of hydrogen-bond acceptors (Lipinski definition) is 4. The van der Waals surface area contributed by atoms with Gasteiger partial charge in [0.2, 0.25) is 11.8 Å². The summed E-state index contributed by atoms with van der Waals surface area (Å²) >= 11 is 0. The van der Waals surface area contributed by atoms with Crippen molar-refractivity contribution in [1.29, 1.82) is 0 Å². The van der Waals surface area contributed by atoms with Crippen LogP contribution in [0.25, 0.3) is 0 Å². The standard InChI is InChI=1S/C28H30N4O3/c33-26(15-14-21-8-2-1-3-9-21)30-24-12-7-13-25(19-24)31-27(34)20-29-23-11-6-10-22(18-23)28(35)32-16-4-5-17-32/h1-3,6-13,18-19,29H,4-5,14-17,20H2,(H,30,33)(H,31,34). The third-order valence-electron chi connectivity index (χ3n) is 5.87. The summed E-state index contributed by atoms with van der Waals surface area (Å²) in [7, 11) is 0. The Morgan fingerprint density at radius 2 is 1.37 bits per heavy atom. The van der Waals surface area contributed by atoms with Gasteiger partial charge in [-0.15, -0.1) is 0 Å². The highest BCUT2D eigenvalue weighted by atomic mass is 16.2. The Balaban J connectivity index is 1.25. The van der Waals surface area contributed by atoms with Gasteiger partial charge in [-0.3, -0.25) is 14.4 Å². The number of benzene rings is 3. The van der Waals surface area contributed by atoms with E-state index in [9.17, 15) is 14.4 Å². The van der Waals surface area contributed by atoms with Crippen LogP contribution in [0.2, 0.25) is 0 Å². The summed E-state index contributed by atoms with van der Waals surface area (Å²) in [5, 5.41) is 8.80. The van der Waals surface area contributed by atoms with Gasteiger partial charge in [-0.2, -0.15) is 0 Å². The molecule has 7 nitrogen and oxygen atoms in total. The second-order valence-corrected chi connectivity index (χ2v) is 8.60. The minimum Gasteiger partial charge on any atom is -0.376 e. The van der Waals surface area contributed by atoms with Crippen LogP contribution in [0.1, 0.15) is 35.2 Å². The van der Waals surface area contributed by atoms with Crippen molar-refractivity contribution in [2.45, 2.75) is 25.7 Å². The largest absolute Gasteiger partial charge is 0.376 e. The second-order valence-electron chi connectivity index (χ2n) is 8.60. The number of carbonyl (C=O) groups excluding carboxylic acids is 3. The van der Waals surface area contributed by atoms with Crippen LogP contribution in [0.5, 0.6) is 0 Å². The Labute approximate surface area is 205 Å². The highest BCUT2D eigenvalue weighted by molar-refractivity contribution is 5.97. The molecule has 1 aliphatic rings. The maximum atomic E-state index is 12.6. The molecular weight excluding hydrogens is 440 g/mol. The SMILES string of the molecule is O=C(CCc1ccccc1)Nc1cccc(NC(=O)CNc2cccc(C(=O)N3CCCC3)c2)c1. The first-order valence-electron chi connectivity index (χ1n) is 11.9. The maximum absolute atomic E-state index is 12.6. The van der Waals surface area contributed by atoms with Crippen LogP contribution in [-0.2, 0) is 16.0 Å². The predicted molar refractivity (Wildman–Crippen MR) is 139 cm³/mol. The minimum absolute atomic E-state index is 0.0261. The molecule has 3 aromatic rings. The van der Waals surface area contributed by atoms with Gasteiger partial charge in [0, 0.05) is 42.1 Å². The average Bonchev–Trinajstić information content (AvgIpc) is 3.42. The third-order valence-corrected chi connectivity index (χ3v) is 5.87. The van der Waals surface area contributed by atoms with E-state index in [-0.39, 0.29) is 24.3 Å². The molecule has 1 aliphatic heterocycles. The monoisotopic (exact) mass is 470 g/mol. The Hall–Kier alpha value is -4.13. The summed E-state index contributed by atoms with van der Waals surface area (Å²) in [6.07, 6.45) is 3.13. The van der Waals surface area contributed by atoms with Gasteiger partial charge in [0.1, 0.15) is 0 Å². The molecule has 0 aliphatic carbocycles. The van der Waals surface area contributed by atoms with E-state index in [1.807, 2.05) is 47.4 Å². The molecule has 0 saturated carbocycles. The van der Waals surface area contributed by atoms with E-state index in [1.165, 1.54) is 0 Å². The van der Waals surface area contributed by atoms with E-state index in [4.69, 9.17) is 0 Å². The Kier molecular flexibility index (Phi) is 8.12. The molecule has 180 valence electrons. The molecule has 35 heavy (non-hydrogen) atoms. The third kappa shape index (κ3) is 7.17. The van der Waals surface area contributed by atoms with E-state index < -0.39 is 0 Å². The first-order valence-corrected chi connectivity index (χ1v) is 11.9. The molecule has 0 unspecified atom stereocenters. The molecule has 1 saturated heterocycles. The lowest BCUT2D eigenvalue weighted by Gasteiger charge is -2.16. The topological polar surface area (TPSA) is 90.5 Å². The number of amides is 3. The Morgan fingerprint density at radius 1 is 0.714 bits per heavy atom. The highest BCUT2D eigenvalue weighted by Crippen LogP contribution is 2.18. The number of nitrogens with one attached hydrogen (secondary N) is 3. The lowest BCUT2D eigenvalue weighted by molar-refractivity contribution is -0.116. The normalized spacial score (nSPS) is 12.7. The minimum atomic E-state index is -0.228. The smallest absolute Gasteiger partial charge is 0.253 e. The van der Waals surface area contributed by atoms with Gasteiger partial charge >= 0.3 is 0 Å². The van der Waals surface area contributed by atoms with E-state index in [1.54, 1.807) is 36.4 Å². The molecule has 0 atom stereocenters. The van der Waals surface area contributed by atoms with Gasteiger partial charge in [-0.05, 0) is 61.2 Å². The summed E-state index contributed by atoms with van der Waals surface area (Å²) in [5.41, 5.74) is 3.66. The molecular formula is C28H30N4O3. The fourth-order valence-electron chi connectivity index (χ4n) is 4.05. The fourth-order valence-corrected chi connectivity index (χ4v) is 4.05. The molecule has 0 radical (unpaired) electrons. The molecule has 1 fully saturated rings. The van der Waals surface area contributed by atoms with Crippen molar-refractivity contribution in [3.63, 3.8) is 0 Å². The van der Waals surface area contributed by atoms with Gasteiger partial charge in [0.25, 0.3) is 5.91 Å². The zero-order valence-electron chi connectivity index (χ0n) is 19.6.